The van der Waals surface area contributed by atoms with Crippen molar-refractivity contribution in [3.8, 4) is 6.07 Å². The van der Waals surface area contributed by atoms with Crippen molar-refractivity contribution in [2.75, 3.05) is 21.2 Å². The van der Waals surface area contributed by atoms with Gasteiger partial charge in [0.15, 0.2) is 0 Å². The second-order valence-electron chi connectivity index (χ2n) is 5.71. The molecule has 130 valence electrons. The molecular weight excluding hydrogens is 324 g/mol. The largest absolute Gasteiger partial charge is 0.466 e. The molecule has 0 aromatic heterocycles. The van der Waals surface area contributed by atoms with E-state index in [9.17, 15) is 20.2 Å². The van der Waals surface area contributed by atoms with Crippen molar-refractivity contribution in [1.82, 2.24) is 10.2 Å². The molecule has 1 aromatic rings. The van der Waals surface area contributed by atoms with Crippen LogP contribution < -0.4 is 5.32 Å². The molecule has 8 nitrogen and oxygen atoms in total. The van der Waals surface area contributed by atoms with Gasteiger partial charge in [-0.05, 0) is 12.5 Å². The number of nitriles is 1. The summed E-state index contributed by atoms with van der Waals surface area (Å²) in [7, 11) is 4.78. The first kappa shape index (κ1) is 18.0. The van der Waals surface area contributed by atoms with E-state index in [4.69, 9.17) is 4.74 Å². The highest BCUT2D eigenvalue weighted by atomic mass is 16.6. The molecule has 1 heterocycles. The number of carbonyl (C=O) groups is 1. The molecule has 1 N–H and O–H groups in total. The Morgan fingerprint density at radius 2 is 2.12 bits per heavy atom. The normalized spacial score (nSPS) is 16.8. The van der Waals surface area contributed by atoms with E-state index >= 15 is 0 Å². The minimum absolute atomic E-state index is 0.110. The van der Waals surface area contributed by atoms with Gasteiger partial charge in [-0.1, -0.05) is 12.1 Å². The summed E-state index contributed by atoms with van der Waals surface area (Å²) in [5.74, 6) is -0.813. The molecule has 1 aromatic carbocycles. The van der Waals surface area contributed by atoms with E-state index < -0.39 is 16.8 Å². The van der Waals surface area contributed by atoms with Gasteiger partial charge in [-0.25, -0.2) is 4.79 Å². The summed E-state index contributed by atoms with van der Waals surface area (Å²) in [6.07, 6.45) is 0. The number of non-ortho nitro benzene ring substituents is 1. The molecule has 0 fully saturated rings. The lowest BCUT2D eigenvalue weighted by molar-refractivity contribution is -0.384. The van der Waals surface area contributed by atoms with Crippen LogP contribution in [-0.4, -0.2) is 37.0 Å². The second-order valence-corrected chi connectivity index (χ2v) is 5.71. The minimum Gasteiger partial charge on any atom is -0.466 e. The summed E-state index contributed by atoms with van der Waals surface area (Å²) >= 11 is 0. The van der Waals surface area contributed by atoms with Crippen LogP contribution in [0.2, 0.25) is 0 Å². The smallest absolute Gasteiger partial charge is 0.336 e. The molecule has 0 bridgehead atoms. The molecule has 2 rings (SSSR count). The Labute approximate surface area is 145 Å². The lowest BCUT2D eigenvalue weighted by Crippen LogP contribution is -2.35. The maximum absolute atomic E-state index is 12.3. The molecule has 1 atom stereocenters. The summed E-state index contributed by atoms with van der Waals surface area (Å²) in [6.45, 7) is 1.70. The van der Waals surface area contributed by atoms with Crippen LogP contribution in [0.15, 0.2) is 46.9 Å². The van der Waals surface area contributed by atoms with Crippen molar-refractivity contribution in [3.05, 3.63) is 62.6 Å². The molecule has 1 aliphatic rings. The quantitative estimate of drug-likeness (QED) is 0.506. The van der Waals surface area contributed by atoms with Gasteiger partial charge in [0, 0.05) is 31.9 Å². The van der Waals surface area contributed by atoms with Gasteiger partial charge < -0.3 is 15.0 Å². The highest BCUT2D eigenvalue weighted by molar-refractivity contribution is 5.93. The summed E-state index contributed by atoms with van der Waals surface area (Å²) < 4.78 is 4.86. The van der Waals surface area contributed by atoms with Crippen LogP contribution in [0.3, 0.4) is 0 Å². The van der Waals surface area contributed by atoms with Crippen molar-refractivity contribution < 1.29 is 14.5 Å². The monoisotopic (exact) mass is 342 g/mol. The molecule has 0 aliphatic carbocycles. The average molecular weight is 342 g/mol. The molecule has 25 heavy (non-hydrogen) atoms. The van der Waals surface area contributed by atoms with Gasteiger partial charge in [0.1, 0.15) is 5.82 Å². The Morgan fingerprint density at radius 3 is 2.64 bits per heavy atom. The predicted octanol–water partition coefficient (Wildman–Crippen LogP) is 2.03. The van der Waals surface area contributed by atoms with Crippen molar-refractivity contribution in [2.45, 2.75) is 12.8 Å². The fourth-order valence-electron chi connectivity index (χ4n) is 2.81. The van der Waals surface area contributed by atoms with Crippen molar-refractivity contribution in [2.24, 2.45) is 0 Å². The average Bonchev–Trinajstić information content (AvgIpc) is 2.59. The third-order valence-corrected chi connectivity index (χ3v) is 3.93. The number of carbonyl (C=O) groups excluding carboxylic acids is 1. The van der Waals surface area contributed by atoms with Crippen LogP contribution >= 0.6 is 0 Å². The van der Waals surface area contributed by atoms with Gasteiger partial charge in [0.2, 0.25) is 0 Å². The maximum atomic E-state index is 12.3. The number of allylic oxidation sites excluding steroid dienone is 2. The van der Waals surface area contributed by atoms with Crippen LogP contribution in [0.25, 0.3) is 0 Å². The first-order chi connectivity index (χ1) is 11.8. The third kappa shape index (κ3) is 3.30. The number of nitrogens with zero attached hydrogens (tertiary/aromatic N) is 3. The number of methoxy groups -OCH3 is 1. The summed E-state index contributed by atoms with van der Waals surface area (Å²) in [4.78, 5) is 24.6. The molecule has 0 amide bonds. The second kappa shape index (κ2) is 7.05. The number of rotatable bonds is 4. The third-order valence-electron chi connectivity index (χ3n) is 3.93. The van der Waals surface area contributed by atoms with Crippen LogP contribution in [0.4, 0.5) is 5.69 Å². The number of esters is 1. The van der Waals surface area contributed by atoms with Crippen LogP contribution in [-0.2, 0) is 9.53 Å². The fraction of sp³-hybridized carbons (Fsp3) is 0.294. The number of hydrogen-bond donors (Lipinski definition) is 1. The van der Waals surface area contributed by atoms with Crippen molar-refractivity contribution >= 4 is 11.7 Å². The van der Waals surface area contributed by atoms with Gasteiger partial charge in [0.05, 0.1) is 35.2 Å². The molecule has 1 unspecified atom stereocenters. The van der Waals surface area contributed by atoms with Crippen LogP contribution in [0, 0.1) is 21.4 Å². The van der Waals surface area contributed by atoms with Crippen molar-refractivity contribution in [1.29, 1.82) is 5.26 Å². The van der Waals surface area contributed by atoms with Crippen LogP contribution in [0.5, 0.6) is 0 Å². The molecule has 0 saturated heterocycles. The number of nitrogens with one attached hydrogen (secondary N) is 1. The SMILES string of the molecule is COC(=O)C1=C(C)NC(N(C)C)=C(C#N)C1c1cccc([N+](=O)[O-])c1. The molecule has 1 aliphatic heterocycles. The Bertz CT molecular complexity index is 833. The zero-order valence-electron chi connectivity index (χ0n) is 14.4. The molecular formula is C17H18N4O4. The zero-order chi connectivity index (χ0) is 18.7. The topological polar surface area (TPSA) is 108 Å². The summed E-state index contributed by atoms with van der Waals surface area (Å²) in [5, 5.41) is 23.8. The standard InChI is InChI=1S/C17H18N4O4/c1-10-14(17(22)25-4)15(13(9-18)16(19-10)20(2)3)11-6-5-7-12(8-11)21(23)24/h5-8,15,19H,1-4H3. The Morgan fingerprint density at radius 1 is 1.44 bits per heavy atom. The number of benzene rings is 1. The fourth-order valence-corrected chi connectivity index (χ4v) is 2.81. The number of hydrogen-bond acceptors (Lipinski definition) is 7. The van der Waals surface area contributed by atoms with E-state index in [0.717, 1.165) is 0 Å². The maximum Gasteiger partial charge on any atom is 0.336 e. The number of nitro groups is 1. The van der Waals surface area contributed by atoms with E-state index in [1.165, 1.54) is 25.3 Å². The van der Waals surface area contributed by atoms with E-state index in [1.807, 2.05) is 0 Å². The Kier molecular flexibility index (Phi) is 5.08. The van der Waals surface area contributed by atoms with E-state index in [2.05, 4.69) is 11.4 Å². The lowest BCUT2D eigenvalue weighted by atomic mass is 9.81. The Hall–Kier alpha value is -3.34. The summed E-state index contributed by atoms with van der Waals surface area (Å²) in [5.41, 5.74) is 1.45. The Balaban J connectivity index is 2.74. The van der Waals surface area contributed by atoms with Crippen molar-refractivity contribution in [3.63, 3.8) is 0 Å². The van der Waals surface area contributed by atoms with Crippen LogP contribution in [0.1, 0.15) is 18.4 Å². The highest BCUT2D eigenvalue weighted by Crippen LogP contribution is 2.39. The number of dihydropyridines is 1. The number of ether oxygens (including phenoxy) is 1. The predicted molar refractivity (Wildman–Crippen MR) is 90.0 cm³/mol. The van der Waals surface area contributed by atoms with E-state index in [0.29, 0.717) is 17.1 Å². The van der Waals surface area contributed by atoms with Gasteiger partial charge in [-0.15, -0.1) is 0 Å². The molecule has 0 radical (unpaired) electrons. The van der Waals surface area contributed by atoms with Gasteiger partial charge >= 0.3 is 5.97 Å². The summed E-state index contributed by atoms with van der Waals surface area (Å²) in [6, 6.07) is 8.05. The van der Waals surface area contributed by atoms with E-state index in [-0.39, 0.29) is 16.8 Å². The molecule has 8 heteroatoms. The van der Waals surface area contributed by atoms with Gasteiger partial charge in [-0.3, -0.25) is 10.1 Å². The number of nitro benzene ring substituents is 1. The van der Waals surface area contributed by atoms with Gasteiger partial charge in [0.25, 0.3) is 5.69 Å². The first-order valence-corrected chi connectivity index (χ1v) is 7.43. The highest BCUT2D eigenvalue weighted by Gasteiger charge is 2.36. The van der Waals surface area contributed by atoms with E-state index in [1.54, 1.807) is 32.0 Å². The molecule has 0 saturated carbocycles. The first-order valence-electron chi connectivity index (χ1n) is 7.43. The van der Waals surface area contributed by atoms with Gasteiger partial charge in [-0.2, -0.15) is 5.26 Å². The minimum atomic E-state index is -0.754. The zero-order valence-corrected chi connectivity index (χ0v) is 14.4. The molecule has 0 spiro atoms. The lowest BCUT2D eigenvalue weighted by Gasteiger charge is -2.32.